The molecule has 4 aliphatic heterocycles. The molecule has 0 amide bonds. The second-order valence-electron chi connectivity index (χ2n) is 16.0. The maximum atomic E-state index is 11.0. The third-order valence-corrected chi connectivity index (χ3v) is 14.1. The number of hydrogen-bond donors (Lipinski definition) is 4. The predicted octanol–water partition coefficient (Wildman–Crippen LogP) is -3.55. The Morgan fingerprint density at radius 3 is 1.52 bits per heavy atom. The lowest BCUT2D eigenvalue weighted by Gasteiger charge is -2.59. The van der Waals surface area contributed by atoms with Crippen molar-refractivity contribution in [3.8, 4) is 34.8 Å². The summed E-state index contributed by atoms with van der Waals surface area (Å²) in [5, 5.41) is 43.4. The molecule has 10 rings (SSSR count). The van der Waals surface area contributed by atoms with E-state index in [1.165, 1.54) is 11.1 Å². The summed E-state index contributed by atoms with van der Waals surface area (Å²) in [6, 6.07) is 8.28. The lowest BCUT2D eigenvalue weighted by atomic mass is 9.52. The molecule has 8 aliphatic rings. The van der Waals surface area contributed by atoms with E-state index in [-0.39, 0.29) is 94.3 Å². The minimum Gasteiger partial charge on any atom is -1.00 e. The highest BCUT2D eigenvalue weighted by Gasteiger charge is 2.69. The number of phenolic OH excluding ortho intramolecular Hbond substituents is 2. The number of aliphatic hydroxyl groups excluding tert-OH is 2. The Labute approximate surface area is 315 Å². The summed E-state index contributed by atoms with van der Waals surface area (Å²) in [6.45, 7) is 3.44. The molecule has 8 nitrogen and oxygen atoms in total. The van der Waals surface area contributed by atoms with Gasteiger partial charge in [-0.3, -0.25) is 0 Å². The van der Waals surface area contributed by atoms with Crippen LogP contribution < -0.4 is 57.4 Å². The maximum absolute atomic E-state index is 11.0. The third-order valence-electron chi connectivity index (χ3n) is 14.1. The first-order chi connectivity index (χ1) is 22.1. The maximum Gasteiger partial charge on any atom is 0.165 e. The summed E-state index contributed by atoms with van der Waals surface area (Å²) in [6.07, 6.45) is 9.79. The normalized spacial score (nSPS) is 43.7. The van der Waals surface area contributed by atoms with Gasteiger partial charge in [-0.15, -0.1) is 0 Å². The molecule has 12 unspecified atom stereocenters. The van der Waals surface area contributed by atoms with Crippen LogP contribution in [-0.4, -0.2) is 106 Å². The number of halogens is 2. The van der Waals surface area contributed by atoms with Crippen LogP contribution in [0.1, 0.15) is 35.1 Å². The van der Waals surface area contributed by atoms with Gasteiger partial charge in [0.1, 0.15) is 49.6 Å². The van der Waals surface area contributed by atoms with E-state index in [1.807, 2.05) is 12.2 Å². The topological polar surface area (TPSA) is 99.4 Å². The van der Waals surface area contributed by atoms with Crippen molar-refractivity contribution in [3.63, 3.8) is 0 Å². The molecule has 2 aromatic carbocycles. The highest BCUT2D eigenvalue weighted by molar-refractivity contribution is 5.62. The second-order valence-corrected chi connectivity index (χ2v) is 16.0. The van der Waals surface area contributed by atoms with E-state index in [4.69, 9.17) is 9.47 Å². The monoisotopic (exact) mass is 876 g/mol. The molecule has 254 valence electrons. The molecule has 2 spiro atoms. The molecule has 0 saturated carbocycles. The molecule has 12 atom stereocenters. The third kappa shape index (κ3) is 3.87. The highest BCUT2D eigenvalue weighted by atomic mass is 127. The van der Waals surface area contributed by atoms with Crippen molar-refractivity contribution in [2.75, 3.05) is 40.3 Å². The van der Waals surface area contributed by atoms with Crippen molar-refractivity contribution in [3.05, 3.63) is 70.8 Å². The Hall–Kier alpha value is -2.02. The van der Waals surface area contributed by atoms with Gasteiger partial charge in [-0.2, -0.15) is 0 Å². The average Bonchev–Trinajstić information content (AvgIpc) is 3.59. The molecule has 4 bridgehead atoms. The van der Waals surface area contributed by atoms with Crippen LogP contribution in [0.15, 0.2) is 48.6 Å². The van der Waals surface area contributed by atoms with E-state index in [1.54, 1.807) is 12.1 Å². The molecule has 2 saturated heterocycles. The van der Waals surface area contributed by atoms with Gasteiger partial charge < -0.3 is 86.8 Å². The van der Waals surface area contributed by atoms with Crippen LogP contribution in [0.25, 0.3) is 0 Å². The number of likely N-dealkylation sites (N-methyl/N-ethyl adjacent to an activating group) is 2. The van der Waals surface area contributed by atoms with Crippen LogP contribution in [0.4, 0.5) is 0 Å². The Morgan fingerprint density at radius 2 is 1.10 bits per heavy atom. The largest absolute Gasteiger partial charge is 1.00 e. The summed E-state index contributed by atoms with van der Waals surface area (Å²) in [5.41, 5.74) is 4.15. The van der Waals surface area contributed by atoms with E-state index >= 15 is 0 Å². The number of piperidine rings is 2. The molecule has 0 radical (unpaired) electrons. The molecule has 10 heteroatoms. The lowest BCUT2D eigenvalue weighted by Crippen LogP contribution is -3.00. The van der Waals surface area contributed by atoms with Gasteiger partial charge in [0.2, 0.25) is 0 Å². The van der Waals surface area contributed by atoms with Crippen molar-refractivity contribution < 1.29 is 86.8 Å². The van der Waals surface area contributed by atoms with E-state index < -0.39 is 12.2 Å². The van der Waals surface area contributed by atoms with Crippen LogP contribution in [0.3, 0.4) is 0 Å². The molecule has 4 heterocycles. The number of aromatic hydroxyl groups is 2. The number of rotatable bonds is 2. The molecule has 0 aromatic heterocycles. The Bertz CT molecular complexity index is 1730. The first-order valence-electron chi connectivity index (χ1n) is 17.0. The van der Waals surface area contributed by atoms with Crippen molar-refractivity contribution in [1.29, 1.82) is 0 Å². The van der Waals surface area contributed by atoms with Crippen molar-refractivity contribution in [1.82, 2.24) is 0 Å². The minimum absolute atomic E-state index is 0. The van der Waals surface area contributed by atoms with Crippen molar-refractivity contribution >= 4 is 0 Å². The Balaban J connectivity index is 0.00000168. The molecule has 4 aliphatic carbocycles. The van der Waals surface area contributed by atoms with Crippen LogP contribution in [0.5, 0.6) is 23.0 Å². The number of aliphatic hydroxyl groups is 2. The average molecular weight is 877 g/mol. The first kappa shape index (κ1) is 33.1. The van der Waals surface area contributed by atoms with Crippen molar-refractivity contribution in [2.45, 2.75) is 73.0 Å². The van der Waals surface area contributed by atoms with Crippen LogP contribution in [0.2, 0.25) is 0 Å². The van der Waals surface area contributed by atoms with Gasteiger partial charge in [-0.1, -0.05) is 36.4 Å². The zero-order valence-electron chi connectivity index (χ0n) is 27.2. The van der Waals surface area contributed by atoms with Crippen molar-refractivity contribution in [2.24, 2.45) is 11.8 Å². The fraction of sp³-hybridized carbons (Fsp3) is 0.526. The van der Waals surface area contributed by atoms with Gasteiger partial charge in [0.05, 0.1) is 38.0 Å². The van der Waals surface area contributed by atoms with E-state index in [0.717, 1.165) is 72.0 Å². The Kier molecular flexibility index (Phi) is 7.42. The number of benzene rings is 2. The fourth-order valence-electron chi connectivity index (χ4n) is 11.9. The molecular weight excluding hydrogens is 834 g/mol. The predicted molar refractivity (Wildman–Crippen MR) is 170 cm³/mol. The zero-order chi connectivity index (χ0) is 31.4. The van der Waals surface area contributed by atoms with E-state index in [9.17, 15) is 20.4 Å². The number of ether oxygens (including phenoxy) is 2. The van der Waals surface area contributed by atoms with Gasteiger partial charge in [0.25, 0.3) is 0 Å². The number of likely N-dealkylation sites (tertiary alicyclic amines) is 2. The molecule has 2 fully saturated rings. The summed E-state index contributed by atoms with van der Waals surface area (Å²) in [5.74, 6) is 9.32. The summed E-state index contributed by atoms with van der Waals surface area (Å²) in [7, 11) is 4.71. The van der Waals surface area contributed by atoms with Gasteiger partial charge in [-0.05, 0) is 35.1 Å². The summed E-state index contributed by atoms with van der Waals surface area (Å²) in [4.78, 5) is 0. The SMILES string of the molecule is C[N+]1(CC#CC[N+]2(C)CCC34c5c6ccc(O)c5OC3C(O)C=CC4C2C6)CCC23c4c5ccc(O)c4OC2C(O)C=CC3C1C5.[I-].[I-]. The number of nitrogens with zero attached hydrogens (tertiary/aromatic N) is 2. The number of phenols is 2. The number of quaternary nitrogens is 2. The van der Waals surface area contributed by atoms with Crippen LogP contribution in [-0.2, 0) is 23.7 Å². The smallest absolute Gasteiger partial charge is 0.165 e. The first-order valence-corrected chi connectivity index (χ1v) is 17.0. The summed E-state index contributed by atoms with van der Waals surface area (Å²) >= 11 is 0. The van der Waals surface area contributed by atoms with E-state index in [2.05, 4.69) is 50.2 Å². The number of hydrogen-bond acceptors (Lipinski definition) is 6. The molecule has 4 N–H and O–H groups in total. The van der Waals surface area contributed by atoms with Gasteiger partial charge in [-0.25, -0.2) is 0 Å². The molecule has 2 aromatic rings. The Morgan fingerprint density at radius 1 is 0.688 bits per heavy atom. The molecule has 48 heavy (non-hydrogen) atoms. The van der Waals surface area contributed by atoms with Gasteiger partial charge >= 0.3 is 0 Å². The van der Waals surface area contributed by atoms with Crippen LogP contribution >= 0.6 is 0 Å². The second kappa shape index (κ2) is 10.7. The lowest BCUT2D eigenvalue weighted by molar-refractivity contribution is -0.939. The van der Waals surface area contributed by atoms with Gasteiger partial charge in [0.15, 0.2) is 23.0 Å². The van der Waals surface area contributed by atoms with Gasteiger partial charge in [0, 0.05) is 48.6 Å². The van der Waals surface area contributed by atoms with E-state index in [0.29, 0.717) is 23.6 Å². The quantitative estimate of drug-likeness (QED) is 0.108. The molecular formula is C38H42I2N2O6. The minimum atomic E-state index is -0.683. The zero-order valence-corrected chi connectivity index (χ0v) is 31.5. The highest BCUT2D eigenvalue weighted by Crippen LogP contribution is 2.65. The fourth-order valence-corrected chi connectivity index (χ4v) is 11.9. The standard InChI is InChI=1S/C38H40N2O6.2HI/c1-39(17-13-37-23-7-11-29(43)35(37)45-33-27(41)9-5-21(31(33)37)19-25(23)39)15-3-4-16-40(2)18-14-38-24-8-12-30(44)36(38)46-34-28(42)10-6-22(32(34)38)20-26(24)40;;/h5-12,23-26,29-30,35-36,43-44H,13-20H2,1-2H3;2*1H. The summed E-state index contributed by atoms with van der Waals surface area (Å²) < 4.78 is 14.4. The van der Waals surface area contributed by atoms with Crippen LogP contribution in [0, 0.1) is 23.7 Å².